The van der Waals surface area contributed by atoms with Crippen LogP contribution in [0.25, 0.3) is 10.9 Å². The first-order valence-corrected chi connectivity index (χ1v) is 7.14. The van der Waals surface area contributed by atoms with Gasteiger partial charge in [0.1, 0.15) is 11.9 Å². The van der Waals surface area contributed by atoms with Crippen LogP contribution in [0.15, 0.2) is 24.3 Å². The number of aromatic nitrogens is 1. The summed E-state index contributed by atoms with van der Waals surface area (Å²) in [6.45, 7) is 6.52. The predicted octanol–water partition coefficient (Wildman–Crippen LogP) is 2.84. The Hall–Kier alpha value is -1.81. The summed E-state index contributed by atoms with van der Waals surface area (Å²) in [4.78, 5) is 16.3. The summed E-state index contributed by atoms with van der Waals surface area (Å²) < 4.78 is 6.06. The summed E-state index contributed by atoms with van der Waals surface area (Å²) >= 11 is 0. The quantitative estimate of drug-likeness (QED) is 0.870. The molecule has 1 aliphatic rings. The monoisotopic (exact) mass is 272 g/mol. The molecule has 1 fully saturated rings. The average molecular weight is 272 g/mol. The summed E-state index contributed by atoms with van der Waals surface area (Å²) in [7, 11) is 0. The van der Waals surface area contributed by atoms with Crippen LogP contribution in [0.1, 0.15) is 30.8 Å². The summed E-state index contributed by atoms with van der Waals surface area (Å²) in [5, 5.41) is 1.02. The molecule has 0 saturated carbocycles. The molecule has 3 rings (SSSR count). The van der Waals surface area contributed by atoms with Crippen molar-refractivity contribution in [1.82, 2.24) is 9.88 Å². The molecule has 1 unspecified atom stereocenters. The van der Waals surface area contributed by atoms with Gasteiger partial charge < -0.3 is 9.72 Å². The van der Waals surface area contributed by atoms with Gasteiger partial charge in [0.05, 0.1) is 5.69 Å². The Bertz CT molecular complexity index is 618. The molecule has 0 aliphatic carbocycles. The molecule has 4 heteroatoms. The Morgan fingerprint density at radius 2 is 2.25 bits per heavy atom. The van der Waals surface area contributed by atoms with E-state index in [4.69, 9.17) is 4.74 Å². The normalized spacial score (nSPS) is 19.9. The zero-order chi connectivity index (χ0) is 14.1. The fourth-order valence-corrected chi connectivity index (χ4v) is 2.78. The van der Waals surface area contributed by atoms with Crippen LogP contribution >= 0.6 is 0 Å². The zero-order valence-corrected chi connectivity index (χ0v) is 11.9. The van der Waals surface area contributed by atoms with Crippen molar-refractivity contribution in [3.05, 3.63) is 30.0 Å². The second-order valence-corrected chi connectivity index (χ2v) is 5.71. The number of carbonyl (C=O) groups excluding carboxylic acids is 1. The minimum absolute atomic E-state index is 0.263. The first-order chi connectivity index (χ1) is 9.65. The van der Waals surface area contributed by atoms with Gasteiger partial charge in [-0.2, -0.15) is 0 Å². The molecule has 1 atom stereocenters. The van der Waals surface area contributed by atoms with Crippen LogP contribution in [0, 0.1) is 0 Å². The van der Waals surface area contributed by atoms with E-state index < -0.39 is 0 Å². The molecule has 2 heterocycles. The maximum Gasteiger partial charge on any atom is 0.166 e. The highest BCUT2D eigenvalue weighted by Crippen LogP contribution is 2.24. The van der Waals surface area contributed by atoms with Crippen molar-refractivity contribution < 1.29 is 9.53 Å². The van der Waals surface area contributed by atoms with Gasteiger partial charge in [-0.25, -0.2) is 0 Å². The first kappa shape index (κ1) is 13.2. The lowest BCUT2D eigenvalue weighted by Gasteiger charge is -2.20. The number of likely N-dealkylation sites (tertiary alicyclic amines) is 1. The van der Waals surface area contributed by atoms with Crippen LogP contribution in [0.2, 0.25) is 0 Å². The second kappa shape index (κ2) is 5.29. The molecule has 0 spiro atoms. The van der Waals surface area contributed by atoms with Crippen molar-refractivity contribution in [2.45, 2.75) is 32.4 Å². The Kier molecular flexibility index (Phi) is 3.49. The molecule has 1 saturated heterocycles. The lowest BCUT2D eigenvalue weighted by Crippen LogP contribution is -2.30. The highest BCUT2D eigenvalue weighted by Gasteiger charge is 2.25. The van der Waals surface area contributed by atoms with Gasteiger partial charge in [0.15, 0.2) is 6.29 Å². The van der Waals surface area contributed by atoms with Gasteiger partial charge in [0.2, 0.25) is 0 Å². The molecule has 0 bridgehead atoms. The van der Waals surface area contributed by atoms with Crippen LogP contribution in [-0.2, 0) is 0 Å². The van der Waals surface area contributed by atoms with Gasteiger partial charge in [-0.3, -0.25) is 9.69 Å². The van der Waals surface area contributed by atoms with Gasteiger partial charge in [0, 0.05) is 30.0 Å². The topological polar surface area (TPSA) is 45.3 Å². The third kappa shape index (κ3) is 2.56. The molecular formula is C16H20N2O2. The number of hydrogen-bond acceptors (Lipinski definition) is 3. The molecule has 1 aromatic carbocycles. The number of benzene rings is 1. The molecule has 1 aliphatic heterocycles. The Balaban J connectivity index is 1.73. The third-order valence-electron chi connectivity index (χ3n) is 3.95. The van der Waals surface area contributed by atoms with E-state index in [1.165, 1.54) is 0 Å². The summed E-state index contributed by atoms with van der Waals surface area (Å²) in [5.41, 5.74) is 1.57. The van der Waals surface area contributed by atoms with Crippen LogP contribution < -0.4 is 4.74 Å². The fraction of sp³-hybridized carbons (Fsp3) is 0.438. The van der Waals surface area contributed by atoms with Gasteiger partial charge in [-0.15, -0.1) is 0 Å². The van der Waals surface area contributed by atoms with E-state index in [9.17, 15) is 4.79 Å². The van der Waals surface area contributed by atoms with E-state index in [0.717, 1.165) is 42.4 Å². The number of hydrogen-bond donors (Lipinski definition) is 1. The van der Waals surface area contributed by atoms with Crippen LogP contribution in [0.3, 0.4) is 0 Å². The number of ether oxygens (including phenoxy) is 1. The smallest absolute Gasteiger partial charge is 0.166 e. The van der Waals surface area contributed by atoms with Gasteiger partial charge in [-0.1, -0.05) is 0 Å². The van der Waals surface area contributed by atoms with E-state index in [1.807, 2.05) is 24.3 Å². The van der Waals surface area contributed by atoms with Gasteiger partial charge in [0.25, 0.3) is 0 Å². The molecule has 1 aromatic heterocycles. The minimum atomic E-state index is 0.263. The van der Waals surface area contributed by atoms with E-state index in [-0.39, 0.29) is 6.10 Å². The number of rotatable bonds is 4. The number of fused-ring (bicyclic) bond motifs is 1. The van der Waals surface area contributed by atoms with Crippen molar-refractivity contribution in [2.75, 3.05) is 13.1 Å². The minimum Gasteiger partial charge on any atom is -0.489 e. The highest BCUT2D eigenvalue weighted by molar-refractivity contribution is 5.88. The predicted molar refractivity (Wildman–Crippen MR) is 79.4 cm³/mol. The van der Waals surface area contributed by atoms with E-state index in [1.54, 1.807) is 0 Å². The zero-order valence-electron chi connectivity index (χ0n) is 11.9. The van der Waals surface area contributed by atoms with E-state index >= 15 is 0 Å². The van der Waals surface area contributed by atoms with Crippen LogP contribution in [0.5, 0.6) is 5.75 Å². The molecule has 20 heavy (non-hydrogen) atoms. The highest BCUT2D eigenvalue weighted by atomic mass is 16.5. The molecule has 1 N–H and O–H groups in total. The van der Waals surface area contributed by atoms with Crippen molar-refractivity contribution >= 4 is 17.2 Å². The molecule has 4 nitrogen and oxygen atoms in total. The largest absolute Gasteiger partial charge is 0.489 e. The molecule has 0 radical (unpaired) electrons. The lowest BCUT2D eigenvalue weighted by molar-refractivity contribution is 0.112. The summed E-state index contributed by atoms with van der Waals surface area (Å²) in [5.74, 6) is 0.879. The number of carbonyl (C=O) groups is 1. The number of H-pyrrole nitrogens is 1. The molecular weight excluding hydrogens is 252 g/mol. The Morgan fingerprint density at radius 1 is 1.40 bits per heavy atom. The number of aromatic amines is 1. The Labute approximate surface area is 118 Å². The summed E-state index contributed by atoms with van der Waals surface area (Å²) in [6, 6.07) is 8.35. The van der Waals surface area contributed by atoms with E-state index in [0.29, 0.717) is 11.7 Å². The second-order valence-electron chi connectivity index (χ2n) is 5.71. The molecule has 106 valence electrons. The van der Waals surface area contributed by atoms with E-state index in [2.05, 4.69) is 23.7 Å². The van der Waals surface area contributed by atoms with Crippen LogP contribution in [-0.4, -0.2) is 41.4 Å². The van der Waals surface area contributed by atoms with Crippen molar-refractivity contribution in [1.29, 1.82) is 0 Å². The average Bonchev–Trinajstić information content (AvgIpc) is 3.04. The van der Waals surface area contributed by atoms with Crippen molar-refractivity contribution in [3.8, 4) is 5.75 Å². The Morgan fingerprint density at radius 3 is 2.95 bits per heavy atom. The lowest BCUT2D eigenvalue weighted by atomic mass is 10.2. The van der Waals surface area contributed by atoms with Gasteiger partial charge >= 0.3 is 0 Å². The van der Waals surface area contributed by atoms with Crippen LogP contribution in [0.4, 0.5) is 0 Å². The SMILES string of the molecule is CC(C)N1CCC(Oc2ccc3[nH]c(C=O)cc3c2)C1. The number of nitrogens with one attached hydrogen (secondary N) is 1. The standard InChI is InChI=1S/C16H20N2O2/c1-11(2)18-6-5-15(9-18)20-14-3-4-16-12(8-14)7-13(10-19)17-16/h3-4,7-8,10-11,15,17H,5-6,9H2,1-2H3. The number of aldehydes is 1. The van der Waals surface area contributed by atoms with Gasteiger partial charge in [-0.05, 0) is 44.5 Å². The maximum absolute atomic E-state index is 10.8. The van der Waals surface area contributed by atoms with Crippen molar-refractivity contribution in [2.24, 2.45) is 0 Å². The summed E-state index contributed by atoms with van der Waals surface area (Å²) in [6.07, 6.45) is 2.17. The fourth-order valence-electron chi connectivity index (χ4n) is 2.78. The first-order valence-electron chi connectivity index (χ1n) is 7.14. The third-order valence-corrected chi connectivity index (χ3v) is 3.95. The molecule has 2 aromatic rings. The molecule has 0 amide bonds. The van der Waals surface area contributed by atoms with Crippen molar-refractivity contribution in [3.63, 3.8) is 0 Å². The number of nitrogens with zero attached hydrogens (tertiary/aromatic N) is 1. The maximum atomic E-state index is 10.8.